The highest BCUT2D eigenvalue weighted by Crippen LogP contribution is 2.15. The third kappa shape index (κ3) is 6.65. The first-order valence-electron chi connectivity index (χ1n) is 7.93. The smallest absolute Gasteiger partial charge is 0.166 e. The van der Waals surface area contributed by atoms with Crippen LogP contribution >= 0.6 is 24.0 Å². The van der Waals surface area contributed by atoms with E-state index in [4.69, 9.17) is 22.2 Å². The van der Waals surface area contributed by atoms with Gasteiger partial charge < -0.3 is 15.4 Å². The van der Waals surface area contributed by atoms with Crippen LogP contribution < -0.4 is 15.4 Å². The quantitative estimate of drug-likeness (QED) is 0.547. The maximum Gasteiger partial charge on any atom is 0.166 e. The predicted octanol–water partition coefficient (Wildman–Crippen LogP) is 3.46. The zero-order valence-corrected chi connectivity index (χ0v) is 15.8. The Bertz CT molecular complexity index is 726. The maximum absolute atomic E-state index is 9.07. The van der Waals surface area contributed by atoms with Crippen molar-refractivity contribution >= 4 is 29.1 Å². The molecule has 0 saturated carbocycles. The van der Waals surface area contributed by atoms with Gasteiger partial charge in [-0.3, -0.25) is 0 Å². The molecule has 0 atom stereocenters. The van der Waals surface area contributed by atoms with Crippen LogP contribution in [-0.2, 0) is 12.3 Å². The molecule has 0 aromatic heterocycles. The molecule has 2 rings (SSSR count). The Labute approximate surface area is 158 Å². The molecule has 4 nitrogen and oxygen atoms in total. The summed E-state index contributed by atoms with van der Waals surface area (Å²) in [5, 5.41) is 16.1. The van der Waals surface area contributed by atoms with Crippen molar-refractivity contribution < 1.29 is 4.74 Å². The normalized spacial score (nSPS) is 9.92. The molecule has 6 heteroatoms. The van der Waals surface area contributed by atoms with Crippen LogP contribution in [0.25, 0.3) is 0 Å². The molecule has 130 valence electrons. The van der Waals surface area contributed by atoms with E-state index in [1.807, 2.05) is 48.5 Å². The van der Waals surface area contributed by atoms with Gasteiger partial charge in [-0.05, 0) is 41.5 Å². The summed E-state index contributed by atoms with van der Waals surface area (Å²) in [4.78, 5) is 0. The van der Waals surface area contributed by atoms with Gasteiger partial charge in [0.15, 0.2) is 5.11 Å². The second-order valence-electron chi connectivity index (χ2n) is 5.28. The lowest BCUT2D eigenvalue weighted by Crippen LogP contribution is -2.36. The second kappa shape index (κ2) is 10.6. The first kappa shape index (κ1) is 19.1. The molecule has 25 heavy (non-hydrogen) atoms. The number of ether oxygens (including phenoxy) is 1. The Morgan fingerprint density at radius 2 is 1.92 bits per heavy atom. The lowest BCUT2D eigenvalue weighted by atomic mass is 10.1. The average Bonchev–Trinajstić information content (AvgIpc) is 2.66. The Hall–Kier alpha value is -2.23. The van der Waals surface area contributed by atoms with E-state index in [9.17, 15) is 0 Å². The van der Waals surface area contributed by atoms with E-state index >= 15 is 0 Å². The SMILES string of the molecule is COc1ccc(CNC(=S)NCCSCc2ccccc2C#N)cc1. The number of nitrogens with zero attached hydrogens (tertiary/aromatic N) is 1. The first-order valence-corrected chi connectivity index (χ1v) is 9.49. The second-order valence-corrected chi connectivity index (χ2v) is 6.79. The summed E-state index contributed by atoms with van der Waals surface area (Å²) in [7, 11) is 1.66. The van der Waals surface area contributed by atoms with Crippen molar-refractivity contribution in [2.45, 2.75) is 12.3 Å². The topological polar surface area (TPSA) is 57.1 Å². The fourth-order valence-corrected chi connectivity index (χ4v) is 3.20. The summed E-state index contributed by atoms with van der Waals surface area (Å²) >= 11 is 7.07. The molecule has 0 spiro atoms. The van der Waals surface area contributed by atoms with Gasteiger partial charge in [-0.2, -0.15) is 17.0 Å². The minimum absolute atomic E-state index is 0.647. The highest BCUT2D eigenvalue weighted by atomic mass is 32.2. The monoisotopic (exact) mass is 371 g/mol. The van der Waals surface area contributed by atoms with E-state index in [-0.39, 0.29) is 0 Å². The molecular weight excluding hydrogens is 350 g/mol. The highest BCUT2D eigenvalue weighted by Gasteiger charge is 2.01. The average molecular weight is 372 g/mol. The van der Waals surface area contributed by atoms with E-state index in [0.29, 0.717) is 11.7 Å². The summed E-state index contributed by atoms with van der Waals surface area (Å²) in [5.41, 5.74) is 2.97. The van der Waals surface area contributed by atoms with Crippen LogP contribution in [0.4, 0.5) is 0 Å². The Morgan fingerprint density at radius 3 is 2.64 bits per heavy atom. The minimum Gasteiger partial charge on any atom is -0.497 e. The summed E-state index contributed by atoms with van der Waals surface area (Å²) < 4.78 is 5.14. The molecule has 0 aliphatic carbocycles. The number of thiocarbonyl (C=S) groups is 1. The van der Waals surface area contributed by atoms with Gasteiger partial charge in [0.1, 0.15) is 5.75 Å². The van der Waals surface area contributed by atoms with Gasteiger partial charge in [0.05, 0.1) is 18.7 Å². The molecule has 0 radical (unpaired) electrons. The fraction of sp³-hybridized carbons (Fsp3) is 0.263. The largest absolute Gasteiger partial charge is 0.497 e. The number of nitriles is 1. The summed E-state index contributed by atoms with van der Waals surface area (Å²) in [6.07, 6.45) is 0. The van der Waals surface area contributed by atoms with E-state index in [1.54, 1.807) is 18.9 Å². The molecule has 0 saturated heterocycles. The van der Waals surface area contributed by atoms with Crippen molar-refractivity contribution in [3.05, 3.63) is 65.2 Å². The number of nitrogens with one attached hydrogen (secondary N) is 2. The molecule has 0 heterocycles. The zero-order chi connectivity index (χ0) is 17.9. The van der Waals surface area contributed by atoms with Gasteiger partial charge in [0.25, 0.3) is 0 Å². The molecule has 0 amide bonds. The van der Waals surface area contributed by atoms with Gasteiger partial charge in [0.2, 0.25) is 0 Å². The Balaban J connectivity index is 1.61. The third-order valence-corrected chi connectivity index (χ3v) is 4.84. The zero-order valence-electron chi connectivity index (χ0n) is 14.1. The van der Waals surface area contributed by atoms with Gasteiger partial charge in [-0.15, -0.1) is 0 Å². The number of hydrogen-bond acceptors (Lipinski definition) is 4. The highest BCUT2D eigenvalue weighted by molar-refractivity contribution is 7.98. The minimum atomic E-state index is 0.647. The van der Waals surface area contributed by atoms with Crippen LogP contribution in [-0.4, -0.2) is 24.5 Å². The maximum atomic E-state index is 9.07. The van der Waals surface area contributed by atoms with Crippen LogP contribution in [0.2, 0.25) is 0 Å². The van der Waals surface area contributed by atoms with Crippen LogP contribution in [0, 0.1) is 11.3 Å². The molecular formula is C19H21N3OS2. The number of hydrogen-bond donors (Lipinski definition) is 2. The summed E-state index contributed by atoms with van der Waals surface area (Å²) in [6, 6.07) is 17.8. The van der Waals surface area contributed by atoms with Crippen LogP contribution in [0.3, 0.4) is 0 Å². The standard InChI is InChI=1S/C19H21N3OS2/c1-23-18-8-6-15(7-9-18)13-22-19(24)21-10-11-25-14-17-5-3-2-4-16(17)12-20/h2-9H,10-11,13-14H2,1H3,(H2,21,22,24). The molecule has 0 aliphatic heterocycles. The molecule has 0 bridgehead atoms. The number of rotatable bonds is 8. The molecule has 0 aliphatic rings. The summed E-state index contributed by atoms with van der Waals surface area (Å²) in [5.74, 6) is 2.60. The van der Waals surface area contributed by atoms with E-state index < -0.39 is 0 Å². The van der Waals surface area contributed by atoms with Crippen LogP contribution in [0.1, 0.15) is 16.7 Å². The molecule has 2 aromatic carbocycles. The van der Waals surface area contributed by atoms with Gasteiger partial charge in [-0.25, -0.2) is 0 Å². The number of benzene rings is 2. The molecule has 0 fully saturated rings. The van der Waals surface area contributed by atoms with Crippen molar-refractivity contribution in [2.75, 3.05) is 19.4 Å². The van der Waals surface area contributed by atoms with Gasteiger partial charge in [0, 0.05) is 24.6 Å². The molecule has 2 N–H and O–H groups in total. The number of methoxy groups -OCH3 is 1. The molecule has 2 aromatic rings. The van der Waals surface area contributed by atoms with E-state index in [1.165, 1.54) is 0 Å². The third-order valence-electron chi connectivity index (χ3n) is 3.54. The lowest BCUT2D eigenvalue weighted by molar-refractivity contribution is 0.414. The van der Waals surface area contributed by atoms with Crippen molar-refractivity contribution in [1.29, 1.82) is 5.26 Å². The van der Waals surface area contributed by atoms with Crippen molar-refractivity contribution in [2.24, 2.45) is 0 Å². The van der Waals surface area contributed by atoms with Crippen molar-refractivity contribution in [3.8, 4) is 11.8 Å². The first-order chi connectivity index (χ1) is 12.2. The van der Waals surface area contributed by atoms with E-state index in [0.717, 1.165) is 40.5 Å². The fourth-order valence-electron chi connectivity index (χ4n) is 2.16. The number of thioether (sulfide) groups is 1. The summed E-state index contributed by atoms with van der Waals surface area (Å²) in [6.45, 7) is 1.46. The van der Waals surface area contributed by atoms with Crippen molar-refractivity contribution in [3.63, 3.8) is 0 Å². The predicted molar refractivity (Wildman–Crippen MR) is 108 cm³/mol. The lowest BCUT2D eigenvalue weighted by Gasteiger charge is -2.11. The van der Waals surface area contributed by atoms with Crippen molar-refractivity contribution in [1.82, 2.24) is 10.6 Å². The van der Waals surface area contributed by atoms with Crippen LogP contribution in [0.5, 0.6) is 5.75 Å². The van der Waals surface area contributed by atoms with E-state index in [2.05, 4.69) is 16.7 Å². The molecule has 0 unspecified atom stereocenters. The van der Waals surface area contributed by atoms with Gasteiger partial charge >= 0.3 is 0 Å². The van der Waals surface area contributed by atoms with Crippen LogP contribution in [0.15, 0.2) is 48.5 Å². The Morgan fingerprint density at radius 1 is 1.16 bits per heavy atom. The Kier molecular flexibility index (Phi) is 8.10. The van der Waals surface area contributed by atoms with Gasteiger partial charge in [-0.1, -0.05) is 30.3 Å².